The van der Waals surface area contributed by atoms with Gasteiger partial charge in [-0.3, -0.25) is 9.25 Å². The van der Waals surface area contributed by atoms with Crippen molar-refractivity contribution in [2.24, 2.45) is 13.0 Å². The van der Waals surface area contributed by atoms with Gasteiger partial charge in [-0.15, -0.1) is 0 Å². The van der Waals surface area contributed by atoms with Gasteiger partial charge in [0.2, 0.25) is 0 Å². The number of nitrogens with one attached hydrogen (secondary N) is 1. The van der Waals surface area contributed by atoms with E-state index in [2.05, 4.69) is 10.4 Å². The Labute approximate surface area is 144 Å². The summed E-state index contributed by atoms with van der Waals surface area (Å²) in [5, 5.41) is 18.0. The van der Waals surface area contributed by atoms with Crippen LogP contribution in [0.25, 0.3) is 11.1 Å². The molecular formula is C18H22N4O3. The fraction of sp³-hybridized carbons (Fsp3) is 0.444. The molecule has 132 valence electrons. The van der Waals surface area contributed by atoms with Crippen LogP contribution >= 0.6 is 0 Å². The number of nitrogens with zero attached hydrogens (tertiary/aromatic N) is 3. The third-order valence-electron chi connectivity index (χ3n) is 5.06. The van der Waals surface area contributed by atoms with Crippen LogP contribution in [-0.2, 0) is 20.1 Å². The normalized spacial score (nSPS) is 23.5. The summed E-state index contributed by atoms with van der Waals surface area (Å²) >= 11 is 0. The van der Waals surface area contributed by atoms with Gasteiger partial charge in [0.05, 0.1) is 11.6 Å². The van der Waals surface area contributed by atoms with E-state index in [1.807, 2.05) is 35.1 Å². The number of benzene rings is 1. The lowest BCUT2D eigenvalue weighted by molar-refractivity contribution is 0.145. The molecule has 1 saturated carbocycles. The largest absolute Gasteiger partial charge is 0.419 e. The Hall–Kier alpha value is -2.38. The molecule has 0 aliphatic heterocycles. The van der Waals surface area contributed by atoms with Gasteiger partial charge in [-0.05, 0) is 42.5 Å². The number of hydrogen-bond donors (Lipinski definition) is 2. The SMILES string of the molecule is Cn1c(=O)oc2cc(CN[C@@H]3CC(Cn4cccn4)C[C@H]3O)ccc21. The molecule has 0 radical (unpaired) electrons. The minimum atomic E-state index is -0.354. The highest BCUT2D eigenvalue weighted by molar-refractivity contribution is 5.73. The number of aromatic nitrogens is 3. The molecule has 0 amide bonds. The second kappa shape index (κ2) is 6.50. The van der Waals surface area contributed by atoms with Crippen LogP contribution in [0.15, 0.2) is 45.9 Å². The number of hydrogen-bond acceptors (Lipinski definition) is 5. The van der Waals surface area contributed by atoms with Crippen LogP contribution in [-0.4, -0.2) is 31.6 Å². The molecule has 1 fully saturated rings. The van der Waals surface area contributed by atoms with Gasteiger partial charge >= 0.3 is 5.76 Å². The highest BCUT2D eigenvalue weighted by atomic mass is 16.4. The van der Waals surface area contributed by atoms with Crippen molar-refractivity contribution >= 4 is 11.1 Å². The van der Waals surface area contributed by atoms with Crippen molar-refractivity contribution < 1.29 is 9.52 Å². The quantitative estimate of drug-likeness (QED) is 0.729. The fourth-order valence-electron chi connectivity index (χ4n) is 3.70. The Morgan fingerprint density at radius 1 is 1.40 bits per heavy atom. The Bertz CT molecular complexity index is 912. The lowest BCUT2D eigenvalue weighted by Crippen LogP contribution is -2.35. The summed E-state index contributed by atoms with van der Waals surface area (Å²) in [4.78, 5) is 11.6. The maximum atomic E-state index is 11.6. The van der Waals surface area contributed by atoms with Crippen LogP contribution < -0.4 is 11.1 Å². The first-order chi connectivity index (χ1) is 12.1. The molecule has 25 heavy (non-hydrogen) atoms. The van der Waals surface area contributed by atoms with E-state index in [9.17, 15) is 9.90 Å². The summed E-state index contributed by atoms with van der Waals surface area (Å²) in [5.41, 5.74) is 2.41. The van der Waals surface area contributed by atoms with E-state index in [-0.39, 0.29) is 17.9 Å². The summed E-state index contributed by atoms with van der Waals surface area (Å²) < 4.78 is 8.64. The molecule has 7 nitrogen and oxygen atoms in total. The lowest BCUT2D eigenvalue weighted by atomic mass is 10.1. The lowest BCUT2D eigenvalue weighted by Gasteiger charge is -2.16. The molecule has 4 rings (SSSR count). The van der Waals surface area contributed by atoms with Crippen molar-refractivity contribution in [3.8, 4) is 0 Å². The first-order valence-corrected chi connectivity index (χ1v) is 8.57. The molecular weight excluding hydrogens is 320 g/mol. The number of rotatable bonds is 5. The minimum absolute atomic E-state index is 0.0686. The molecule has 2 heterocycles. The first kappa shape index (κ1) is 16.1. The van der Waals surface area contributed by atoms with Gasteiger partial charge in [-0.1, -0.05) is 6.07 Å². The highest BCUT2D eigenvalue weighted by Crippen LogP contribution is 2.27. The van der Waals surface area contributed by atoms with Crippen molar-refractivity contribution in [1.29, 1.82) is 0 Å². The van der Waals surface area contributed by atoms with Crippen molar-refractivity contribution in [2.75, 3.05) is 0 Å². The number of fused-ring (bicyclic) bond motifs is 1. The standard InChI is InChI=1S/C18H22N4O3/c1-21-15-4-3-12(9-17(15)25-18(21)24)10-19-14-7-13(8-16(14)23)11-22-6-2-5-20-22/h2-6,9,13-14,16,19,23H,7-8,10-11H2,1H3/t13?,14-,16-/m1/s1. The van der Waals surface area contributed by atoms with Crippen LogP contribution in [0.3, 0.4) is 0 Å². The summed E-state index contributed by atoms with van der Waals surface area (Å²) in [6, 6.07) is 7.74. The van der Waals surface area contributed by atoms with Crippen molar-refractivity contribution in [3.63, 3.8) is 0 Å². The smallest absolute Gasteiger partial charge is 0.408 e. The van der Waals surface area contributed by atoms with Crippen LogP contribution in [0.5, 0.6) is 0 Å². The van der Waals surface area contributed by atoms with Crippen molar-refractivity contribution in [1.82, 2.24) is 19.7 Å². The zero-order chi connectivity index (χ0) is 17.4. The van der Waals surface area contributed by atoms with Gasteiger partial charge in [0, 0.05) is 38.6 Å². The van der Waals surface area contributed by atoms with Gasteiger partial charge in [0.25, 0.3) is 0 Å². The van der Waals surface area contributed by atoms with Crippen molar-refractivity contribution in [2.45, 2.75) is 38.1 Å². The Morgan fingerprint density at radius 2 is 2.28 bits per heavy atom. The van der Waals surface area contributed by atoms with Gasteiger partial charge < -0.3 is 14.8 Å². The second-order valence-corrected chi connectivity index (χ2v) is 6.85. The first-order valence-electron chi connectivity index (χ1n) is 8.57. The summed E-state index contributed by atoms with van der Waals surface area (Å²) in [6.45, 7) is 1.47. The fourth-order valence-corrected chi connectivity index (χ4v) is 3.70. The van der Waals surface area contributed by atoms with Crippen LogP contribution in [0.1, 0.15) is 18.4 Å². The number of oxazole rings is 1. The van der Waals surface area contributed by atoms with E-state index in [1.165, 1.54) is 4.57 Å². The van der Waals surface area contributed by atoms with E-state index in [4.69, 9.17) is 4.42 Å². The van der Waals surface area contributed by atoms with Crippen LogP contribution in [0.4, 0.5) is 0 Å². The topological polar surface area (TPSA) is 85.2 Å². The van der Waals surface area contributed by atoms with E-state index in [0.29, 0.717) is 18.0 Å². The molecule has 0 saturated heterocycles. The number of aliphatic hydroxyl groups excluding tert-OH is 1. The average Bonchev–Trinajstić information content (AvgIpc) is 3.28. The van der Waals surface area contributed by atoms with Gasteiger partial charge in [0.15, 0.2) is 5.58 Å². The maximum Gasteiger partial charge on any atom is 0.419 e. The van der Waals surface area contributed by atoms with E-state index < -0.39 is 0 Å². The zero-order valence-corrected chi connectivity index (χ0v) is 14.1. The Morgan fingerprint density at radius 3 is 3.08 bits per heavy atom. The second-order valence-electron chi connectivity index (χ2n) is 6.85. The summed E-state index contributed by atoms with van der Waals surface area (Å²) in [7, 11) is 1.70. The third kappa shape index (κ3) is 3.25. The zero-order valence-electron chi connectivity index (χ0n) is 14.1. The molecule has 1 aliphatic carbocycles. The average molecular weight is 342 g/mol. The van der Waals surface area contributed by atoms with Gasteiger partial charge in [-0.25, -0.2) is 4.79 Å². The summed E-state index contributed by atoms with van der Waals surface area (Å²) in [6.07, 6.45) is 5.09. The third-order valence-corrected chi connectivity index (χ3v) is 5.06. The Kier molecular flexibility index (Phi) is 4.19. The maximum absolute atomic E-state index is 11.6. The van der Waals surface area contributed by atoms with Crippen LogP contribution in [0.2, 0.25) is 0 Å². The molecule has 1 aliphatic rings. The molecule has 1 aromatic carbocycles. The monoisotopic (exact) mass is 342 g/mol. The predicted octanol–water partition coefficient (Wildman–Crippen LogP) is 1.26. The molecule has 0 bridgehead atoms. The molecule has 7 heteroatoms. The Balaban J connectivity index is 1.38. The molecule has 3 aromatic rings. The number of aliphatic hydroxyl groups is 1. The van der Waals surface area contributed by atoms with Crippen molar-refractivity contribution in [3.05, 3.63) is 52.8 Å². The van der Waals surface area contributed by atoms with E-state index in [0.717, 1.165) is 30.5 Å². The number of aryl methyl sites for hydroxylation is 1. The molecule has 3 atom stereocenters. The van der Waals surface area contributed by atoms with Gasteiger partial charge in [-0.2, -0.15) is 5.10 Å². The van der Waals surface area contributed by atoms with E-state index in [1.54, 1.807) is 13.2 Å². The molecule has 2 aromatic heterocycles. The van der Waals surface area contributed by atoms with Gasteiger partial charge in [0.1, 0.15) is 0 Å². The van der Waals surface area contributed by atoms with E-state index >= 15 is 0 Å². The summed E-state index contributed by atoms with van der Waals surface area (Å²) in [5.74, 6) is 0.0646. The van der Waals surface area contributed by atoms with Crippen LogP contribution in [0, 0.1) is 5.92 Å². The highest BCUT2D eigenvalue weighted by Gasteiger charge is 2.32. The molecule has 2 N–H and O–H groups in total. The molecule has 0 spiro atoms. The molecule has 1 unspecified atom stereocenters. The predicted molar refractivity (Wildman–Crippen MR) is 93.0 cm³/mol. The minimum Gasteiger partial charge on any atom is -0.408 e.